The van der Waals surface area contributed by atoms with Crippen LogP contribution in [-0.4, -0.2) is 34.8 Å². The van der Waals surface area contributed by atoms with Crippen molar-refractivity contribution in [1.82, 2.24) is 0 Å². The van der Waals surface area contributed by atoms with Gasteiger partial charge in [0.2, 0.25) is 0 Å². The Morgan fingerprint density at radius 2 is 2.25 bits per heavy atom. The van der Waals surface area contributed by atoms with Crippen molar-refractivity contribution in [2.75, 3.05) is 6.61 Å². The quantitative estimate of drug-likeness (QED) is 0.409. The molecule has 0 spiro atoms. The Labute approximate surface area is 70.8 Å². The summed E-state index contributed by atoms with van der Waals surface area (Å²) in [4.78, 5) is 0. The third kappa shape index (κ3) is 1.21. The van der Waals surface area contributed by atoms with Crippen molar-refractivity contribution in [3.05, 3.63) is 0 Å². The van der Waals surface area contributed by atoms with Crippen LogP contribution in [0, 0.1) is 5.92 Å². The SMILES string of the molecule is O/N=C1/CO[C@@H]2C[C@H](O)CC[C@@H]12. The molecule has 0 amide bonds. The maximum Gasteiger partial charge on any atom is 0.0889 e. The van der Waals surface area contributed by atoms with Crippen LogP contribution in [0.1, 0.15) is 19.3 Å². The molecule has 0 aromatic rings. The Balaban J connectivity index is 2.07. The first-order chi connectivity index (χ1) is 5.81. The average molecular weight is 171 g/mol. The van der Waals surface area contributed by atoms with Gasteiger partial charge in [0.05, 0.1) is 24.5 Å². The molecule has 0 unspecified atom stereocenters. The molecule has 4 heteroatoms. The number of hydrogen-bond donors (Lipinski definition) is 2. The lowest BCUT2D eigenvalue weighted by Gasteiger charge is -2.26. The van der Waals surface area contributed by atoms with Crippen LogP contribution in [0.2, 0.25) is 0 Å². The van der Waals surface area contributed by atoms with Gasteiger partial charge in [0, 0.05) is 12.3 Å². The summed E-state index contributed by atoms with van der Waals surface area (Å²) in [6, 6.07) is 0. The zero-order chi connectivity index (χ0) is 8.55. The molecule has 2 rings (SSSR count). The van der Waals surface area contributed by atoms with E-state index in [1.165, 1.54) is 0 Å². The van der Waals surface area contributed by atoms with Gasteiger partial charge in [0.15, 0.2) is 0 Å². The zero-order valence-corrected chi connectivity index (χ0v) is 6.81. The van der Waals surface area contributed by atoms with Crippen molar-refractivity contribution >= 4 is 5.71 Å². The Hall–Kier alpha value is -0.610. The fourth-order valence-electron chi connectivity index (χ4n) is 2.08. The van der Waals surface area contributed by atoms with Crippen molar-refractivity contribution in [2.24, 2.45) is 11.1 Å². The number of oxime groups is 1. The summed E-state index contributed by atoms with van der Waals surface area (Å²) < 4.78 is 5.38. The maximum atomic E-state index is 9.33. The van der Waals surface area contributed by atoms with Crippen molar-refractivity contribution < 1.29 is 15.1 Å². The minimum atomic E-state index is -0.232. The van der Waals surface area contributed by atoms with Crippen LogP contribution >= 0.6 is 0 Å². The molecular formula is C8H13NO3. The second-order valence-corrected chi connectivity index (χ2v) is 3.51. The summed E-state index contributed by atoms with van der Waals surface area (Å²) in [5, 5.41) is 21.2. The van der Waals surface area contributed by atoms with Crippen LogP contribution in [0.25, 0.3) is 0 Å². The fraction of sp³-hybridized carbons (Fsp3) is 0.875. The maximum absolute atomic E-state index is 9.33. The minimum absolute atomic E-state index is 0.0830. The van der Waals surface area contributed by atoms with Crippen LogP contribution in [0.15, 0.2) is 5.16 Å². The molecule has 2 N–H and O–H groups in total. The van der Waals surface area contributed by atoms with Crippen LogP contribution in [0.3, 0.4) is 0 Å². The molecule has 1 aliphatic carbocycles. The summed E-state index contributed by atoms with van der Waals surface area (Å²) in [5.41, 5.74) is 0.743. The molecule has 3 atom stereocenters. The number of aliphatic hydroxyl groups is 1. The summed E-state index contributed by atoms with van der Waals surface area (Å²) in [6.45, 7) is 0.429. The molecule has 1 heterocycles. The lowest BCUT2D eigenvalue weighted by Crippen LogP contribution is -2.31. The van der Waals surface area contributed by atoms with E-state index >= 15 is 0 Å². The molecule has 2 fully saturated rings. The van der Waals surface area contributed by atoms with Crippen LogP contribution in [0.5, 0.6) is 0 Å². The predicted molar refractivity (Wildman–Crippen MR) is 42.3 cm³/mol. The Bertz CT molecular complexity index is 204. The molecule has 1 aliphatic heterocycles. The molecular weight excluding hydrogens is 158 g/mol. The van der Waals surface area contributed by atoms with E-state index in [0.717, 1.165) is 18.6 Å². The van der Waals surface area contributed by atoms with Crippen LogP contribution < -0.4 is 0 Å². The first kappa shape index (κ1) is 8.01. The van der Waals surface area contributed by atoms with Crippen molar-refractivity contribution in [1.29, 1.82) is 0 Å². The normalized spacial score (nSPS) is 44.8. The van der Waals surface area contributed by atoms with Gasteiger partial charge in [-0.3, -0.25) is 0 Å². The topological polar surface area (TPSA) is 62.1 Å². The van der Waals surface area contributed by atoms with Gasteiger partial charge in [-0.15, -0.1) is 0 Å². The molecule has 2 aliphatic rings. The van der Waals surface area contributed by atoms with Crippen LogP contribution in [-0.2, 0) is 4.74 Å². The minimum Gasteiger partial charge on any atom is -0.411 e. The van der Waals surface area contributed by atoms with E-state index in [9.17, 15) is 5.11 Å². The molecule has 0 aromatic carbocycles. The van der Waals surface area contributed by atoms with E-state index in [-0.39, 0.29) is 18.1 Å². The molecule has 1 saturated heterocycles. The van der Waals surface area contributed by atoms with Gasteiger partial charge in [-0.25, -0.2) is 0 Å². The van der Waals surface area contributed by atoms with Gasteiger partial charge >= 0.3 is 0 Å². The highest BCUT2D eigenvalue weighted by atomic mass is 16.5. The van der Waals surface area contributed by atoms with Gasteiger partial charge in [-0.2, -0.15) is 0 Å². The summed E-state index contributed by atoms with van der Waals surface area (Å²) in [6.07, 6.45) is 2.21. The second-order valence-electron chi connectivity index (χ2n) is 3.51. The number of ether oxygens (including phenoxy) is 1. The number of hydrogen-bond acceptors (Lipinski definition) is 4. The first-order valence-corrected chi connectivity index (χ1v) is 4.31. The first-order valence-electron chi connectivity index (χ1n) is 4.31. The lowest BCUT2D eigenvalue weighted by molar-refractivity contribution is 0.00736. The largest absolute Gasteiger partial charge is 0.411 e. The molecule has 68 valence electrons. The Kier molecular flexibility index (Phi) is 2.02. The van der Waals surface area contributed by atoms with Crippen LogP contribution in [0.4, 0.5) is 0 Å². The smallest absolute Gasteiger partial charge is 0.0889 e. The molecule has 4 nitrogen and oxygen atoms in total. The van der Waals surface area contributed by atoms with E-state index < -0.39 is 0 Å². The third-order valence-corrected chi connectivity index (χ3v) is 2.77. The number of aliphatic hydroxyl groups excluding tert-OH is 1. The molecule has 0 bridgehead atoms. The Morgan fingerprint density at radius 1 is 1.42 bits per heavy atom. The van der Waals surface area contributed by atoms with Gasteiger partial charge in [-0.1, -0.05) is 5.16 Å². The standard InChI is InChI=1S/C8H13NO3/c10-5-1-2-6-7(9-11)4-12-8(6)3-5/h5-6,8,10-11H,1-4H2/b9-7-/t5-,6+,8-/m1/s1. The number of rotatable bonds is 0. The third-order valence-electron chi connectivity index (χ3n) is 2.77. The molecule has 0 radical (unpaired) electrons. The summed E-state index contributed by atoms with van der Waals surface area (Å²) in [5.74, 6) is 0.249. The number of fused-ring (bicyclic) bond motifs is 1. The highest BCUT2D eigenvalue weighted by Crippen LogP contribution is 2.32. The van der Waals surface area contributed by atoms with Gasteiger partial charge in [0.25, 0.3) is 0 Å². The van der Waals surface area contributed by atoms with E-state index in [0.29, 0.717) is 13.0 Å². The monoisotopic (exact) mass is 171 g/mol. The lowest BCUT2D eigenvalue weighted by atomic mass is 9.84. The van der Waals surface area contributed by atoms with E-state index in [1.807, 2.05) is 0 Å². The Morgan fingerprint density at radius 3 is 3.00 bits per heavy atom. The highest BCUT2D eigenvalue weighted by molar-refractivity contribution is 5.89. The van der Waals surface area contributed by atoms with Crippen molar-refractivity contribution in [2.45, 2.75) is 31.5 Å². The average Bonchev–Trinajstić information content (AvgIpc) is 2.46. The van der Waals surface area contributed by atoms with E-state index in [2.05, 4.69) is 5.16 Å². The van der Waals surface area contributed by atoms with Gasteiger partial charge in [0.1, 0.15) is 0 Å². The predicted octanol–water partition coefficient (Wildman–Crippen LogP) is 0.376. The zero-order valence-electron chi connectivity index (χ0n) is 6.81. The van der Waals surface area contributed by atoms with Gasteiger partial charge < -0.3 is 15.1 Å². The van der Waals surface area contributed by atoms with Crippen molar-refractivity contribution in [3.63, 3.8) is 0 Å². The number of nitrogens with zero attached hydrogens (tertiary/aromatic N) is 1. The second kappa shape index (κ2) is 3.03. The van der Waals surface area contributed by atoms with Crippen molar-refractivity contribution in [3.8, 4) is 0 Å². The molecule has 1 saturated carbocycles. The molecule has 0 aromatic heterocycles. The molecule has 12 heavy (non-hydrogen) atoms. The van der Waals surface area contributed by atoms with E-state index in [1.54, 1.807) is 0 Å². The summed E-state index contributed by atoms with van der Waals surface area (Å²) in [7, 11) is 0. The van der Waals surface area contributed by atoms with Gasteiger partial charge in [-0.05, 0) is 12.8 Å². The fourth-order valence-corrected chi connectivity index (χ4v) is 2.08. The highest BCUT2D eigenvalue weighted by Gasteiger charge is 2.38. The van der Waals surface area contributed by atoms with E-state index in [4.69, 9.17) is 9.94 Å². The summed E-state index contributed by atoms with van der Waals surface area (Å²) >= 11 is 0.